The number of nitrogens with zero attached hydrogens (tertiary/aromatic N) is 1. The number of quaternary nitrogens is 1. The van der Waals surface area contributed by atoms with Gasteiger partial charge in [-0.05, 0) is 24.3 Å². The molecule has 2 aromatic rings. The van der Waals surface area contributed by atoms with Crippen molar-refractivity contribution in [3.63, 3.8) is 0 Å². The van der Waals surface area contributed by atoms with Crippen LogP contribution in [0.2, 0.25) is 10.0 Å². The van der Waals surface area contributed by atoms with Gasteiger partial charge in [-0.3, -0.25) is 4.79 Å². The first-order valence-electron chi connectivity index (χ1n) is 6.71. The molecule has 0 aromatic heterocycles. The predicted octanol–water partition coefficient (Wildman–Crippen LogP) is 3.62. The summed E-state index contributed by atoms with van der Waals surface area (Å²) in [4.78, 5) is 12.2. The minimum atomic E-state index is -4.34. The van der Waals surface area contributed by atoms with E-state index in [2.05, 4.69) is 5.32 Å². The minimum absolute atomic E-state index is 0.230. The lowest BCUT2D eigenvalue weighted by Crippen LogP contribution is -2.45. The summed E-state index contributed by atoms with van der Waals surface area (Å²) in [5.74, 6) is -0.428. The highest BCUT2D eigenvalue weighted by atomic mass is 35.5. The predicted molar refractivity (Wildman–Crippen MR) is 96.0 cm³/mol. The number of benzene rings is 2. The van der Waals surface area contributed by atoms with Gasteiger partial charge in [0, 0.05) is 17.7 Å². The molecule has 1 amide bonds. The number of hydrogen-bond donors (Lipinski definition) is 2. The lowest BCUT2D eigenvalue weighted by Gasteiger charge is -2.23. The average molecular weight is 390 g/mol. The molecule has 0 radical (unpaired) electrons. The molecule has 9 heteroatoms. The zero-order chi connectivity index (χ0) is 18.1. The van der Waals surface area contributed by atoms with E-state index in [1.165, 1.54) is 38.4 Å². The van der Waals surface area contributed by atoms with Crippen LogP contribution in [-0.4, -0.2) is 33.0 Å². The molecule has 0 spiro atoms. The molecule has 128 valence electrons. The van der Waals surface area contributed by atoms with Gasteiger partial charge in [-0.25, -0.2) is 4.55 Å². The van der Waals surface area contributed by atoms with E-state index >= 15 is 0 Å². The van der Waals surface area contributed by atoms with Crippen LogP contribution in [0.15, 0.2) is 42.5 Å². The van der Waals surface area contributed by atoms with Crippen LogP contribution >= 0.6 is 23.2 Å². The van der Waals surface area contributed by atoms with E-state index in [0.717, 1.165) is 0 Å². The van der Waals surface area contributed by atoms with Crippen molar-refractivity contribution >= 4 is 50.8 Å². The number of rotatable bonds is 4. The molecule has 0 saturated heterocycles. The van der Waals surface area contributed by atoms with Crippen molar-refractivity contribution in [2.75, 3.05) is 19.4 Å². The summed E-state index contributed by atoms with van der Waals surface area (Å²) < 4.78 is 31.3. The van der Waals surface area contributed by atoms with Crippen LogP contribution in [0.1, 0.15) is 10.4 Å². The van der Waals surface area contributed by atoms with Gasteiger partial charge in [0.1, 0.15) is 5.69 Å². The Morgan fingerprint density at radius 3 is 2.21 bits per heavy atom. The van der Waals surface area contributed by atoms with Crippen molar-refractivity contribution in [3.05, 3.63) is 58.1 Å². The van der Waals surface area contributed by atoms with Crippen LogP contribution in [0.25, 0.3) is 0 Å². The molecule has 0 heterocycles. The van der Waals surface area contributed by atoms with Crippen molar-refractivity contribution in [1.29, 1.82) is 0 Å². The second-order valence-electron chi connectivity index (χ2n) is 5.40. The second kappa shape index (κ2) is 6.70. The Bertz CT molecular complexity index is 881. The van der Waals surface area contributed by atoms with Crippen molar-refractivity contribution in [2.45, 2.75) is 0 Å². The van der Waals surface area contributed by atoms with E-state index in [4.69, 9.17) is 23.2 Å². The van der Waals surface area contributed by atoms with Gasteiger partial charge in [0.15, 0.2) is 0 Å². The molecule has 0 fully saturated rings. The molecule has 2 aromatic carbocycles. The molecule has 0 aliphatic rings. The third-order valence-corrected chi connectivity index (χ3v) is 5.71. The van der Waals surface area contributed by atoms with Gasteiger partial charge >= 0.3 is 10.3 Å². The maximum Gasteiger partial charge on any atom is 0.437 e. The molecule has 2 rings (SSSR count). The van der Waals surface area contributed by atoms with E-state index in [-0.39, 0.29) is 5.02 Å². The monoisotopic (exact) mass is 389 g/mol. The first kappa shape index (κ1) is 18.7. The Labute approximate surface area is 150 Å². The van der Waals surface area contributed by atoms with E-state index in [1.807, 2.05) is 0 Å². The van der Waals surface area contributed by atoms with Crippen LogP contribution < -0.4 is 9.21 Å². The lowest BCUT2D eigenvalue weighted by molar-refractivity contribution is 0.102. The minimum Gasteiger partial charge on any atom is -0.321 e. The van der Waals surface area contributed by atoms with Crippen LogP contribution in [0.5, 0.6) is 0 Å². The standard InChI is InChI=1S/C15H14Cl2N2O4S/c1-19(2,24(21,22)23)11-8-6-10(7-9-11)15(20)18-13-5-3-4-12(16)14(13)17/h3-9H,1-2H3,(H-,18,20,21,22,23)/p+1. The highest BCUT2D eigenvalue weighted by Crippen LogP contribution is 2.30. The number of carbonyl (C=O) groups excluding carboxylic acids is 1. The topological polar surface area (TPSA) is 83.5 Å². The third-order valence-electron chi connectivity index (χ3n) is 3.53. The van der Waals surface area contributed by atoms with Crippen LogP contribution in [-0.2, 0) is 10.3 Å². The third kappa shape index (κ3) is 3.71. The van der Waals surface area contributed by atoms with Crippen molar-refractivity contribution < 1.29 is 17.8 Å². The largest absolute Gasteiger partial charge is 0.437 e. The summed E-state index contributed by atoms with van der Waals surface area (Å²) >= 11 is 11.9. The number of amides is 1. The second-order valence-corrected chi connectivity index (χ2v) is 7.99. The Hall–Kier alpha value is -1.64. The zero-order valence-corrected chi connectivity index (χ0v) is 15.2. The van der Waals surface area contributed by atoms with Gasteiger partial charge in [0.2, 0.25) is 0 Å². The van der Waals surface area contributed by atoms with Gasteiger partial charge in [0.05, 0.1) is 29.8 Å². The van der Waals surface area contributed by atoms with E-state index in [1.54, 1.807) is 18.2 Å². The number of carbonyl (C=O) groups is 1. The van der Waals surface area contributed by atoms with E-state index < -0.39 is 20.1 Å². The molecule has 24 heavy (non-hydrogen) atoms. The SMILES string of the molecule is C[N+](C)(c1ccc(C(=O)Nc2cccc(Cl)c2Cl)cc1)S(=O)(=O)O. The number of halogens is 2. The summed E-state index contributed by atoms with van der Waals surface area (Å²) in [5.41, 5.74) is 0.965. The molecule has 0 unspecified atom stereocenters. The average Bonchev–Trinajstić information content (AvgIpc) is 2.51. The first-order valence-corrected chi connectivity index (χ1v) is 8.87. The van der Waals surface area contributed by atoms with Gasteiger partial charge < -0.3 is 5.32 Å². The maximum absolute atomic E-state index is 12.2. The maximum atomic E-state index is 12.2. The normalized spacial score (nSPS) is 12.0. The highest BCUT2D eigenvalue weighted by Gasteiger charge is 2.33. The molecular formula is C15H15Cl2N2O4S+. The smallest absolute Gasteiger partial charge is 0.321 e. The molecule has 6 nitrogen and oxygen atoms in total. The highest BCUT2D eigenvalue weighted by molar-refractivity contribution is 7.85. The lowest BCUT2D eigenvalue weighted by atomic mass is 10.2. The van der Waals surface area contributed by atoms with E-state index in [9.17, 15) is 17.8 Å². The molecule has 0 atom stereocenters. The molecule has 0 bridgehead atoms. The Morgan fingerprint density at radius 2 is 1.67 bits per heavy atom. The fourth-order valence-corrected chi connectivity index (χ4v) is 2.64. The van der Waals surface area contributed by atoms with Gasteiger partial charge in [0.25, 0.3) is 5.91 Å². The summed E-state index contributed by atoms with van der Waals surface area (Å²) in [5, 5.41) is 3.17. The molecule has 0 saturated carbocycles. The van der Waals surface area contributed by atoms with Gasteiger partial charge in [-0.15, -0.1) is 8.42 Å². The Kier molecular flexibility index (Phi) is 5.22. The van der Waals surface area contributed by atoms with Crippen LogP contribution in [0.3, 0.4) is 0 Å². The summed E-state index contributed by atoms with van der Waals surface area (Å²) in [6.07, 6.45) is 0. The van der Waals surface area contributed by atoms with Crippen molar-refractivity contribution in [1.82, 2.24) is 3.89 Å². The first-order chi connectivity index (χ1) is 11.0. The fraction of sp³-hybridized carbons (Fsp3) is 0.133. The summed E-state index contributed by atoms with van der Waals surface area (Å²) in [6, 6.07) is 10.7. The quantitative estimate of drug-likeness (QED) is 0.617. The molecule has 2 N–H and O–H groups in total. The van der Waals surface area contributed by atoms with Crippen LogP contribution in [0, 0.1) is 0 Å². The van der Waals surface area contributed by atoms with E-state index in [0.29, 0.717) is 22.0 Å². The van der Waals surface area contributed by atoms with Gasteiger partial charge in [-0.2, -0.15) is 3.89 Å². The van der Waals surface area contributed by atoms with Gasteiger partial charge in [-0.1, -0.05) is 29.3 Å². The molecular weight excluding hydrogens is 375 g/mol. The molecule has 0 aliphatic heterocycles. The number of nitrogens with one attached hydrogen (secondary N) is 1. The van der Waals surface area contributed by atoms with Crippen LogP contribution in [0.4, 0.5) is 11.4 Å². The Morgan fingerprint density at radius 1 is 1.08 bits per heavy atom. The van der Waals surface area contributed by atoms with Crippen molar-refractivity contribution in [3.8, 4) is 0 Å². The fourth-order valence-electron chi connectivity index (χ4n) is 1.90. The number of anilines is 1. The Balaban J connectivity index is 2.25. The summed E-state index contributed by atoms with van der Waals surface area (Å²) in [7, 11) is -1.71. The number of hydrogen-bond acceptors (Lipinski definition) is 3. The zero-order valence-electron chi connectivity index (χ0n) is 12.8. The molecule has 0 aliphatic carbocycles. The summed E-state index contributed by atoms with van der Waals surface area (Å²) in [6.45, 7) is 0. The van der Waals surface area contributed by atoms with Crippen molar-refractivity contribution in [2.24, 2.45) is 0 Å².